The molecule has 1 atom stereocenters. The Bertz CT molecular complexity index is 117. The summed E-state index contributed by atoms with van der Waals surface area (Å²) in [6.45, 7) is 6.54. The molecular weight excluding hydrogens is 172 g/mol. The van der Waals surface area contributed by atoms with Crippen LogP contribution >= 0.6 is 0 Å². The average Bonchev–Trinajstić information content (AvgIpc) is 1.93. The van der Waals surface area contributed by atoms with Gasteiger partial charge in [0.25, 0.3) is 0 Å². The zero-order valence-electron chi connectivity index (χ0n) is 8.62. The molecule has 0 aromatic carbocycles. The van der Waals surface area contributed by atoms with E-state index < -0.39 is 11.7 Å². The van der Waals surface area contributed by atoms with Gasteiger partial charge >= 0.3 is 0 Å². The summed E-state index contributed by atoms with van der Waals surface area (Å²) >= 11 is 0. The first-order valence-corrected chi connectivity index (χ1v) is 4.48. The van der Waals surface area contributed by atoms with Crippen LogP contribution in [-0.4, -0.2) is 48.3 Å². The molecule has 0 aromatic heterocycles. The molecule has 0 heterocycles. The van der Waals surface area contributed by atoms with Gasteiger partial charge in [0.05, 0.1) is 38.1 Å². The van der Waals surface area contributed by atoms with Gasteiger partial charge in [0.15, 0.2) is 0 Å². The molecular formula is C9H20O4. The van der Waals surface area contributed by atoms with E-state index in [0.717, 1.165) is 0 Å². The van der Waals surface area contributed by atoms with Gasteiger partial charge in [-0.3, -0.25) is 0 Å². The van der Waals surface area contributed by atoms with Crippen molar-refractivity contribution in [1.29, 1.82) is 0 Å². The van der Waals surface area contributed by atoms with Crippen LogP contribution in [0.25, 0.3) is 0 Å². The Morgan fingerprint density at radius 3 is 2.23 bits per heavy atom. The maximum absolute atomic E-state index is 9.26. The molecule has 0 aromatic rings. The predicted molar refractivity (Wildman–Crippen MR) is 49.6 cm³/mol. The van der Waals surface area contributed by atoms with Crippen molar-refractivity contribution in [1.82, 2.24) is 0 Å². The van der Waals surface area contributed by atoms with E-state index in [4.69, 9.17) is 14.6 Å². The van der Waals surface area contributed by atoms with E-state index in [1.807, 2.05) is 0 Å². The summed E-state index contributed by atoms with van der Waals surface area (Å²) in [7, 11) is 0. The highest BCUT2D eigenvalue weighted by molar-refractivity contribution is 4.62. The third-order valence-corrected chi connectivity index (χ3v) is 1.19. The second kappa shape index (κ2) is 6.32. The first-order chi connectivity index (χ1) is 5.92. The van der Waals surface area contributed by atoms with Crippen LogP contribution in [0.1, 0.15) is 20.8 Å². The number of rotatable bonds is 7. The number of aliphatic hydroxyl groups is 2. The highest BCUT2D eigenvalue weighted by atomic mass is 16.5. The van der Waals surface area contributed by atoms with Gasteiger partial charge in [0.2, 0.25) is 0 Å². The van der Waals surface area contributed by atoms with Crippen LogP contribution in [0.5, 0.6) is 0 Å². The van der Waals surface area contributed by atoms with E-state index in [9.17, 15) is 5.11 Å². The number of aliphatic hydroxyl groups excluding tert-OH is 1. The molecule has 0 aliphatic carbocycles. The summed E-state index contributed by atoms with van der Waals surface area (Å²) in [5, 5.41) is 18.1. The van der Waals surface area contributed by atoms with Gasteiger partial charge in [0.1, 0.15) is 0 Å². The lowest BCUT2D eigenvalue weighted by Gasteiger charge is -2.16. The van der Waals surface area contributed by atoms with Gasteiger partial charge in [-0.25, -0.2) is 0 Å². The third-order valence-electron chi connectivity index (χ3n) is 1.19. The first-order valence-electron chi connectivity index (χ1n) is 4.48. The van der Waals surface area contributed by atoms with E-state index in [1.54, 1.807) is 20.8 Å². The minimum absolute atomic E-state index is 0.297. The Hall–Kier alpha value is -0.160. The Kier molecular flexibility index (Phi) is 6.24. The van der Waals surface area contributed by atoms with Gasteiger partial charge in [-0.1, -0.05) is 0 Å². The van der Waals surface area contributed by atoms with Crippen molar-refractivity contribution in [3.8, 4) is 0 Å². The molecule has 0 rings (SSSR count). The monoisotopic (exact) mass is 192 g/mol. The van der Waals surface area contributed by atoms with Gasteiger partial charge in [-0.2, -0.15) is 0 Å². The van der Waals surface area contributed by atoms with Crippen molar-refractivity contribution in [2.24, 2.45) is 0 Å². The first kappa shape index (κ1) is 12.8. The zero-order chi connectivity index (χ0) is 10.3. The van der Waals surface area contributed by atoms with Crippen molar-refractivity contribution < 1.29 is 19.7 Å². The maximum atomic E-state index is 9.26. The van der Waals surface area contributed by atoms with Crippen LogP contribution in [0, 0.1) is 0 Å². The van der Waals surface area contributed by atoms with Crippen LogP contribution in [0.2, 0.25) is 0 Å². The average molecular weight is 192 g/mol. The summed E-state index contributed by atoms with van der Waals surface area (Å²) in [6.07, 6.45) is -0.436. The topological polar surface area (TPSA) is 58.9 Å². The van der Waals surface area contributed by atoms with E-state index in [0.29, 0.717) is 26.4 Å². The van der Waals surface area contributed by atoms with Crippen molar-refractivity contribution in [3.63, 3.8) is 0 Å². The highest BCUT2D eigenvalue weighted by Crippen LogP contribution is 2.00. The minimum Gasteiger partial charge on any atom is -0.391 e. The summed E-state index contributed by atoms with van der Waals surface area (Å²) in [5.74, 6) is 0. The molecule has 80 valence electrons. The summed E-state index contributed by atoms with van der Waals surface area (Å²) in [4.78, 5) is 0. The smallest absolute Gasteiger partial charge is 0.0824 e. The SMILES string of the molecule is CC(O)COCCOCC(C)(C)O. The van der Waals surface area contributed by atoms with E-state index in [2.05, 4.69) is 0 Å². The van der Waals surface area contributed by atoms with Gasteiger partial charge in [-0.15, -0.1) is 0 Å². The second-order valence-corrected chi connectivity index (χ2v) is 3.79. The standard InChI is InChI=1S/C9H20O4/c1-8(10)6-12-4-5-13-7-9(2,3)11/h8,10-11H,4-7H2,1-3H3. The summed E-state index contributed by atoms with van der Waals surface area (Å²) in [5.41, 5.74) is -0.787. The molecule has 4 heteroatoms. The van der Waals surface area contributed by atoms with Crippen LogP contribution in [-0.2, 0) is 9.47 Å². The molecule has 0 bridgehead atoms. The molecule has 0 fully saturated rings. The largest absolute Gasteiger partial charge is 0.391 e. The Morgan fingerprint density at radius 2 is 1.77 bits per heavy atom. The second-order valence-electron chi connectivity index (χ2n) is 3.79. The highest BCUT2D eigenvalue weighted by Gasteiger charge is 2.11. The lowest BCUT2D eigenvalue weighted by Crippen LogP contribution is -2.27. The Morgan fingerprint density at radius 1 is 1.23 bits per heavy atom. The lowest BCUT2D eigenvalue weighted by molar-refractivity contribution is -0.0443. The molecule has 0 radical (unpaired) electrons. The van der Waals surface area contributed by atoms with E-state index in [-0.39, 0.29) is 0 Å². The normalized spacial score (nSPS) is 14.5. The fraction of sp³-hybridized carbons (Fsp3) is 1.00. The molecule has 0 saturated carbocycles. The zero-order valence-corrected chi connectivity index (χ0v) is 8.62. The molecule has 0 aliphatic heterocycles. The predicted octanol–water partition coefficient (Wildman–Crippen LogP) is 0.171. The molecule has 4 nitrogen and oxygen atoms in total. The van der Waals surface area contributed by atoms with Crippen molar-refractivity contribution in [2.75, 3.05) is 26.4 Å². The molecule has 0 spiro atoms. The molecule has 0 aliphatic rings. The lowest BCUT2D eigenvalue weighted by atomic mass is 10.2. The van der Waals surface area contributed by atoms with Crippen molar-refractivity contribution >= 4 is 0 Å². The van der Waals surface area contributed by atoms with Crippen molar-refractivity contribution in [3.05, 3.63) is 0 Å². The van der Waals surface area contributed by atoms with Crippen LogP contribution in [0.15, 0.2) is 0 Å². The van der Waals surface area contributed by atoms with Gasteiger partial charge in [-0.05, 0) is 20.8 Å². The van der Waals surface area contributed by atoms with E-state index in [1.165, 1.54) is 0 Å². The molecule has 0 amide bonds. The molecule has 1 unspecified atom stereocenters. The molecule has 2 N–H and O–H groups in total. The third kappa shape index (κ3) is 11.8. The van der Waals surface area contributed by atoms with Crippen molar-refractivity contribution in [2.45, 2.75) is 32.5 Å². The minimum atomic E-state index is -0.787. The number of ether oxygens (including phenoxy) is 2. The van der Waals surface area contributed by atoms with E-state index >= 15 is 0 Å². The van der Waals surface area contributed by atoms with Gasteiger partial charge < -0.3 is 19.7 Å². The van der Waals surface area contributed by atoms with Gasteiger partial charge in [0, 0.05) is 0 Å². The van der Waals surface area contributed by atoms with Crippen LogP contribution in [0.3, 0.4) is 0 Å². The molecule has 13 heavy (non-hydrogen) atoms. The fourth-order valence-electron chi connectivity index (χ4n) is 0.694. The van der Waals surface area contributed by atoms with Crippen LogP contribution in [0.4, 0.5) is 0 Å². The fourth-order valence-corrected chi connectivity index (χ4v) is 0.694. The Balaban J connectivity index is 3.09. The van der Waals surface area contributed by atoms with Crippen LogP contribution < -0.4 is 0 Å². The molecule has 0 saturated heterocycles. The quantitative estimate of drug-likeness (QED) is 0.565. The Labute approximate surface area is 79.5 Å². The number of hydrogen-bond acceptors (Lipinski definition) is 4. The number of hydrogen-bond donors (Lipinski definition) is 2. The summed E-state index contributed by atoms with van der Waals surface area (Å²) < 4.78 is 10.2. The maximum Gasteiger partial charge on any atom is 0.0824 e. The summed E-state index contributed by atoms with van der Waals surface area (Å²) in [6, 6.07) is 0.